The fourth-order valence-electron chi connectivity index (χ4n) is 3.47. The second-order valence-corrected chi connectivity index (χ2v) is 8.17. The number of carbonyl (C=O) groups is 1. The van der Waals surface area contributed by atoms with Crippen molar-refractivity contribution in [3.05, 3.63) is 105 Å². The van der Waals surface area contributed by atoms with Crippen LogP contribution in [0.1, 0.15) is 27.9 Å². The van der Waals surface area contributed by atoms with E-state index in [4.69, 9.17) is 28.0 Å². The zero-order chi connectivity index (χ0) is 22.7. The SMILES string of the molecule is O=C(c1ccccc1F)N(Cc1ccccc1F)CC1CC(c2ccc(Cl)c(Cl)c2)=NO1. The Bertz CT molecular complexity index is 1190. The molecule has 164 valence electrons. The molecule has 0 bridgehead atoms. The van der Waals surface area contributed by atoms with Gasteiger partial charge in [-0.2, -0.15) is 0 Å². The van der Waals surface area contributed by atoms with Gasteiger partial charge in [-0.15, -0.1) is 0 Å². The van der Waals surface area contributed by atoms with Crippen molar-refractivity contribution in [2.24, 2.45) is 5.16 Å². The molecule has 1 heterocycles. The van der Waals surface area contributed by atoms with E-state index in [1.54, 1.807) is 42.5 Å². The summed E-state index contributed by atoms with van der Waals surface area (Å²) >= 11 is 12.1. The van der Waals surface area contributed by atoms with E-state index >= 15 is 0 Å². The van der Waals surface area contributed by atoms with Gasteiger partial charge in [-0.1, -0.05) is 64.8 Å². The van der Waals surface area contributed by atoms with E-state index in [0.29, 0.717) is 27.7 Å². The lowest BCUT2D eigenvalue weighted by Gasteiger charge is -2.25. The molecule has 0 fully saturated rings. The Kier molecular flexibility index (Phi) is 6.72. The third kappa shape index (κ3) is 4.92. The molecule has 8 heteroatoms. The van der Waals surface area contributed by atoms with Crippen LogP contribution >= 0.6 is 23.2 Å². The largest absolute Gasteiger partial charge is 0.390 e. The van der Waals surface area contributed by atoms with Crippen molar-refractivity contribution in [3.8, 4) is 0 Å². The van der Waals surface area contributed by atoms with Crippen molar-refractivity contribution in [1.82, 2.24) is 4.90 Å². The van der Waals surface area contributed by atoms with Gasteiger partial charge in [0.05, 0.1) is 27.9 Å². The van der Waals surface area contributed by atoms with Gasteiger partial charge in [-0.05, 0) is 30.3 Å². The van der Waals surface area contributed by atoms with E-state index in [2.05, 4.69) is 5.16 Å². The molecule has 0 saturated carbocycles. The minimum atomic E-state index is -0.642. The minimum Gasteiger partial charge on any atom is -0.390 e. The number of halogens is 4. The second-order valence-electron chi connectivity index (χ2n) is 7.36. The summed E-state index contributed by atoms with van der Waals surface area (Å²) in [5, 5.41) is 4.94. The van der Waals surface area contributed by atoms with Gasteiger partial charge >= 0.3 is 0 Å². The van der Waals surface area contributed by atoms with Gasteiger partial charge < -0.3 is 9.74 Å². The molecule has 1 unspecified atom stereocenters. The quantitative estimate of drug-likeness (QED) is 0.432. The summed E-state index contributed by atoms with van der Waals surface area (Å²) in [4.78, 5) is 20.0. The topological polar surface area (TPSA) is 41.9 Å². The molecule has 0 N–H and O–H groups in total. The monoisotopic (exact) mass is 474 g/mol. The van der Waals surface area contributed by atoms with E-state index in [9.17, 15) is 13.6 Å². The van der Waals surface area contributed by atoms with Crippen molar-refractivity contribution in [2.75, 3.05) is 6.54 Å². The maximum Gasteiger partial charge on any atom is 0.257 e. The first-order valence-electron chi connectivity index (χ1n) is 9.87. The van der Waals surface area contributed by atoms with Gasteiger partial charge in [0.25, 0.3) is 5.91 Å². The number of nitrogens with zero attached hydrogens (tertiary/aromatic N) is 2. The van der Waals surface area contributed by atoms with Crippen LogP contribution in [0.3, 0.4) is 0 Å². The highest BCUT2D eigenvalue weighted by Gasteiger charge is 2.29. The highest BCUT2D eigenvalue weighted by molar-refractivity contribution is 6.42. The first-order valence-corrected chi connectivity index (χ1v) is 10.6. The molecule has 3 aromatic rings. The summed E-state index contributed by atoms with van der Waals surface area (Å²) in [5.74, 6) is -1.65. The molecule has 1 aliphatic rings. The second kappa shape index (κ2) is 9.67. The molecule has 4 nitrogen and oxygen atoms in total. The third-order valence-electron chi connectivity index (χ3n) is 5.12. The molecule has 0 aromatic heterocycles. The van der Waals surface area contributed by atoms with E-state index in [-0.39, 0.29) is 18.7 Å². The van der Waals surface area contributed by atoms with E-state index in [1.807, 2.05) is 0 Å². The van der Waals surface area contributed by atoms with Crippen molar-refractivity contribution in [1.29, 1.82) is 0 Å². The molecule has 1 amide bonds. The zero-order valence-electron chi connectivity index (χ0n) is 16.8. The van der Waals surface area contributed by atoms with Gasteiger partial charge in [0.2, 0.25) is 0 Å². The summed E-state index contributed by atoms with van der Waals surface area (Å²) in [6.45, 7) is 0.0532. The van der Waals surface area contributed by atoms with E-state index in [1.165, 1.54) is 29.2 Å². The number of carbonyl (C=O) groups excluding carboxylic acids is 1. The molecule has 4 rings (SSSR count). The number of rotatable bonds is 6. The van der Waals surface area contributed by atoms with Crippen LogP contribution in [0.2, 0.25) is 10.0 Å². The summed E-state index contributed by atoms with van der Waals surface area (Å²) in [6.07, 6.45) is -0.0852. The fraction of sp³-hybridized carbons (Fsp3) is 0.167. The lowest BCUT2D eigenvalue weighted by Crippen LogP contribution is -2.38. The number of hydrogen-bond donors (Lipinski definition) is 0. The summed E-state index contributed by atoms with van der Waals surface area (Å²) in [5.41, 5.74) is 1.63. The standard InChI is InChI=1S/C24H18Cl2F2N2O2/c25-19-10-9-15(11-20(19)26)23-12-17(32-29-23)14-30(13-16-5-1-3-7-21(16)27)24(31)18-6-2-4-8-22(18)28/h1-11,17H,12-14H2. The number of benzene rings is 3. The lowest BCUT2D eigenvalue weighted by atomic mass is 10.0. The fourth-order valence-corrected chi connectivity index (χ4v) is 3.77. The maximum atomic E-state index is 14.3. The van der Waals surface area contributed by atoms with Gasteiger partial charge in [0.1, 0.15) is 11.6 Å². The molecule has 0 saturated heterocycles. The Morgan fingerprint density at radius 2 is 1.72 bits per heavy atom. The molecule has 0 spiro atoms. The number of amides is 1. The van der Waals surface area contributed by atoms with Crippen molar-refractivity contribution >= 4 is 34.8 Å². The van der Waals surface area contributed by atoms with Crippen molar-refractivity contribution < 1.29 is 18.4 Å². The van der Waals surface area contributed by atoms with Crippen LogP contribution in [0, 0.1) is 11.6 Å². The molecular weight excluding hydrogens is 457 g/mol. The summed E-state index contributed by atoms with van der Waals surface area (Å²) < 4.78 is 28.6. The Labute approximate surface area is 194 Å². The Hall–Kier alpha value is -2.96. The van der Waals surface area contributed by atoms with Gasteiger partial charge in [-0.25, -0.2) is 8.78 Å². The van der Waals surface area contributed by atoms with Crippen LogP contribution in [0.25, 0.3) is 0 Å². The third-order valence-corrected chi connectivity index (χ3v) is 5.86. The highest BCUT2D eigenvalue weighted by Crippen LogP contribution is 2.26. The molecule has 0 aliphatic carbocycles. The van der Waals surface area contributed by atoms with Crippen LogP contribution in [-0.2, 0) is 11.4 Å². The lowest BCUT2D eigenvalue weighted by molar-refractivity contribution is 0.0400. The van der Waals surface area contributed by atoms with Crippen LogP contribution in [0.15, 0.2) is 71.9 Å². The zero-order valence-corrected chi connectivity index (χ0v) is 18.3. The normalized spacial score (nSPS) is 15.2. The van der Waals surface area contributed by atoms with Crippen LogP contribution in [0.4, 0.5) is 8.78 Å². The first kappa shape index (κ1) is 22.2. The predicted octanol–water partition coefficient (Wildman–Crippen LogP) is 6.11. The molecule has 3 aromatic carbocycles. The molecule has 32 heavy (non-hydrogen) atoms. The summed E-state index contributed by atoms with van der Waals surface area (Å²) in [6, 6.07) is 17.0. The van der Waals surface area contributed by atoms with Gasteiger partial charge in [-0.3, -0.25) is 4.79 Å². The number of oxime groups is 1. The first-order chi connectivity index (χ1) is 15.4. The highest BCUT2D eigenvalue weighted by atomic mass is 35.5. The van der Waals surface area contributed by atoms with Crippen molar-refractivity contribution in [2.45, 2.75) is 19.1 Å². The molecule has 1 atom stereocenters. The maximum absolute atomic E-state index is 14.3. The smallest absolute Gasteiger partial charge is 0.257 e. The summed E-state index contributed by atoms with van der Waals surface area (Å²) in [7, 11) is 0. The Morgan fingerprint density at radius 3 is 2.44 bits per heavy atom. The van der Waals surface area contributed by atoms with Crippen LogP contribution in [-0.4, -0.2) is 29.2 Å². The minimum absolute atomic E-state index is 0.0399. The molecule has 1 aliphatic heterocycles. The van der Waals surface area contributed by atoms with Gasteiger partial charge in [0, 0.05) is 24.1 Å². The Morgan fingerprint density at radius 1 is 1.00 bits per heavy atom. The van der Waals surface area contributed by atoms with Crippen LogP contribution < -0.4 is 0 Å². The van der Waals surface area contributed by atoms with E-state index < -0.39 is 23.6 Å². The van der Waals surface area contributed by atoms with Gasteiger partial charge in [0.15, 0.2) is 6.10 Å². The van der Waals surface area contributed by atoms with E-state index in [0.717, 1.165) is 5.56 Å². The average molecular weight is 475 g/mol. The molecular formula is C24H18Cl2F2N2O2. The van der Waals surface area contributed by atoms with Crippen molar-refractivity contribution in [3.63, 3.8) is 0 Å². The predicted molar refractivity (Wildman–Crippen MR) is 120 cm³/mol. The molecule has 0 radical (unpaired) electrons. The van der Waals surface area contributed by atoms with Crippen LogP contribution in [0.5, 0.6) is 0 Å². The Balaban J connectivity index is 1.54. The average Bonchev–Trinajstić information content (AvgIpc) is 3.25. The number of hydrogen-bond acceptors (Lipinski definition) is 3.